The summed E-state index contributed by atoms with van der Waals surface area (Å²) in [5.74, 6) is 0.861. The highest BCUT2D eigenvalue weighted by molar-refractivity contribution is 6.00. The molecule has 4 aromatic carbocycles. The molecule has 1 atom stereocenters. The normalized spacial score (nSPS) is 18.4. The molecule has 1 unspecified atom stereocenters. The van der Waals surface area contributed by atoms with Crippen molar-refractivity contribution in [3.8, 4) is 0 Å². The summed E-state index contributed by atoms with van der Waals surface area (Å²) in [6.07, 6.45) is 15.8. The van der Waals surface area contributed by atoms with Gasteiger partial charge in [-0.3, -0.25) is 24.0 Å². The maximum Gasteiger partial charge on any atom is 0.410 e. The van der Waals surface area contributed by atoms with Crippen LogP contribution in [0.5, 0.6) is 0 Å². The molecule has 0 radical (unpaired) electrons. The van der Waals surface area contributed by atoms with E-state index < -0.39 is 12.1 Å². The van der Waals surface area contributed by atoms with Gasteiger partial charge < -0.3 is 33.9 Å². The number of rotatable bonds is 5. The fourth-order valence-corrected chi connectivity index (χ4v) is 12.9. The predicted octanol–water partition coefficient (Wildman–Crippen LogP) is 10.8. The van der Waals surface area contributed by atoms with Crippen LogP contribution in [0.4, 0.5) is 21.9 Å². The Hall–Kier alpha value is -7.71. The zero-order valence-electron chi connectivity index (χ0n) is 47.3. The Balaban J connectivity index is 0.000000129. The number of nitrogens with one attached hydrogen (secondary N) is 1. The number of likely N-dealkylation sites (tertiary alicyclic amines) is 1. The number of aromatic nitrogens is 4. The second kappa shape index (κ2) is 23.6. The summed E-state index contributed by atoms with van der Waals surface area (Å²) in [6.45, 7) is 9.10. The van der Waals surface area contributed by atoms with E-state index >= 15 is 0 Å². The number of piperidine rings is 1. The molecule has 7 aromatic rings. The van der Waals surface area contributed by atoms with E-state index in [0.717, 1.165) is 117 Å². The summed E-state index contributed by atoms with van der Waals surface area (Å²) < 4.78 is 11.8. The minimum Gasteiger partial charge on any atom is -0.445 e. The minimum absolute atomic E-state index is 0.0664. The largest absolute Gasteiger partial charge is 0.445 e. The van der Waals surface area contributed by atoms with Gasteiger partial charge in [-0.25, -0.2) is 4.79 Å². The van der Waals surface area contributed by atoms with Crippen LogP contribution in [0, 0.1) is 17.3 Å². The zero-order chi connectivity index (χ0) is 55.5. The Bertz CT molecular complexity index is 3360. The van der Waals surface area contributed by atoms with E-state index in [1.54, 1.807) is 4.90 Å². The number of benzene rings is 4. The van der Waals surface area contributed by atoms with Gasteiger partial charge in [0.05, 0.1) is 25.8 Å². The van der Waals surface area contributed by atoms with Crippen LogP contribution in [0.25, 0.3) is 0 Å². The minimum atomic E-state index is -0.524. The van der Waals surface area contributed by atoms with Crippen LogP contribution in [0.15, 0.2) is 134 Å². The van der Waals surface area contributed by atoms with Crippen molar-refractivity contribution in [3.05, 3.63) is 190 Å². The molecule has 0 spiro atoms. The number of hydrogen-bond donors (Lipinski definition) is 1. The number of fused-ring (bicyclic) bond motifs is 6. The van der Waals surface area contributed by atoms with Crippen molar-refractivity contribution < 1.29 is 23.9 Å². The number of carbonyl (C=O) groups excluding carboxylic acids is 4. The van der Waals surface area contributed by atoms with Crippen molar-refractivity contribution in [3.63, 3.8) is 0 Å². The van der Waals surface area contributed by atoms with Crippen molar-refractivity contribution in [2.24, 2.45) is 38.4 Å². The molecule has 1 N–H and O–H groups in total. The lowest BCUT2D eigenvalue weighted by Crippen LogP contribution is -2.48. The van der Waals surface area contributed by atoms with Gasteiger partial charge in [0.25, 0.3) is 0 Å². The van der Waals surface area contributed by atoms with Gasteiger partial charge in [0.15, 0.2) is 0 Å². The lowest BCUT2D eigenvalue weighted by Gasteiger charge is -2.36. The molecule has 1 aliphatic carbocycles. The Labute approximate surface area is 471 Å². The Morgan fingerprint density at radius 3 is 1.57 bits per heavy atom. The van der Waals surface area contributed by atoms with E-state index in [9.17, 15) is 19.2 Å². The highest BCUT2D eigenvalue weighted by Crippen LogP contribution is 2.41. The lowest BCUT2D eigenvalue weighted by atomic mass is 9.73. The molecular weight excluding hydrogens is 999 g/mol. The van der Waals surface area contributed by atoms with Crippen molar-refractivity contribution in [1.29, 1.82) is 0 Å². The second-order valence-corrected chi connectivity index (χ2v) is 23.6. The Kier molecular flexibility index (Phi) is 16.0. The van der Waals surface area contributed by atoms with Gasteiger partial charge in [0.2, 0.25) is 17.7 Å². The van der Waals surface area contributed by atoms with Crippen LogP contribution < -0.4 is 20.0 Å². The van der Waals surface area contributed by atoms with Crippen molar-refractivity contribution in [1.82, 2.24) is 29.1 Å². The molecule has 14 heteroatoms. The maximum absolute atomic E-state index is 13.8. The van der Waals surface area contributed by atoms with Crippen molar-refractivity contribution >= 4 is 40.9 Å². The SMILES string of the molecule is Cn1ccc2c1Cc1ccccc1N(C(=O)C1CCC(C)(C)CC1)C2.Cn1ccc2c1Cc1ccccc1N(C(=O)C1CCNCC1)C2.Cn1ncc2c1Cc1ccccc1N(C(=O)C1CCCN1C(=O)OCc1ccccc1)C2. The lowest BCUT2D eigenvalue weighted by molar-refractivity contribution is -0.124. The maximum atomic E-state index is 13.8. The number of carbonyl (C=O) groups is 4. The zero-order valence-corrected chi connectivity index (χ0v) is 47.3. The summed E-state index contributed by atoms with van der Waals surface area (Å²) >= 11 is 0. The van der Waals surface area contributed by atoms with E-state index in [1.165, 1.54) is 33.6 Å². The quantitative estimate of drug-likeness (QED) is 0.182. The smallest absolute Gasteiger partial charge is 0.410 e. The molecule has 1 saturated carbocycles. The van der Waals surface area contributed by atoms with E-state index in [-0.39, 0.29) is 30.3 Å². The Morgan fingerprint density at radius 1 is 0.550 bits per heavy atom. The van der Waals surface area contributed by atoms with Gasteiger partial charge in [0, 0.05) is 111 Å². The van der Waals surface area contributed by atoms with Gasteiger partial charge in [-0.2, -0.15) is 5.10 Å². The fourth-order valence-electron chi connectivity index (χ4n) is 12.9. The molecule has 6 aliphatic rings. The predicted molar refractivity (Wildman–Crippen MR) is 313 cm³/mol. The summed E-state index contributed by atoms with van der Waals surface area (Å²) in [5.41, 5.74) is 15.3. The van der Waals surface area contributed by atoms with Crippen LogP contribution in [-0.4, -0.2) is 73.3 Å². The number of anilines is 3. The number of ether oxygens (including phenoxy) is 1. The standard InChI is InChI=1S/C25H26N4O3.C22H28N2O.C19H23N3O/c1-27-23-14-19-10-5-6-11-21(19)29(16-20(23)15-26-27)24(30)22-12-7-13-28(22)25(31)32-17-18-8-3-2-4-9-18;1-22(2)11-8-16(9-12-22)21(25)24-15-18-10-13-23(3)20(18)14-17-6-4-5-7-19(17)24;1-21-11-8-16-13-22(19(23)14-6-9-20-10-7-14)17-5-3-2-4-15(17)12-18(16)21/h2-6,8-11,15,22H,7,12-14,16-17H2,1H3;4-7,10,13,16H,8-9,11-12,14-15H2,1-3H3;2-5,8,11,14,20H,6-7,9-10,12-13H2,1H3. The third kappa shape index (κ3) is 11.5. The second-order valence-electron chi connectivity index (χ2n) is 23.6. The first-order valence-corrected chi connectivity index (χ1v) is 28.9. The van der Waals surface area contributed by atoms with Crippen LogP contribution in [0.3, 0.4) is 0 Å². The van der Waals surface area contributed by atoms with E-state index in [0.29, 0.717) is 43.9 Å². The highest BCUT2D eigenvalue weighted by atomic mass is 16.6. The van der Waals surface area contributed by atoms with Crippen LogP contribution in [-0.2, 0) is 85.8 Å². The average molecular weight is 1080 g/mol. The molecule has 416 valence electrons. The molecular formula is C66H77N9O5. The average Bonchev–Trinajstić information content (AvgIpc) is 4.22. The van der Waals surface area contributed by atoms with Gasteiger partial charge in [-0.15, -0.1) is 0 Å². The monoisotopic (exact) mass is 1080 g/mol. The first kappa shape index (κ1) is 54.3. The van der Waals surface area contributed by atoms with E-state index in [1.807, 2.05) is 82.3 Å². The molecule has 14 nitrogen and oxygen atoms in total. The first-order valence-electron chi connectivity index (χ1n) is 28.9. The number of aryl methyl sites for hydroxylation is 3. The topological polar surface area (TPSA) is 130 Å². The summed E-state index contributed by atoms with van der Waals surface area (Å²) in [4.78, 5) is 60.7. The number of hydrogen-bond acceptors (Lipinski definition) is 7. The number of nitrogens with zero attached hydrogens (tertiary/aromatic N) is 8. The summed E-state index contributed by atoms with van der Waals surface area (Å²) in [7, 11) is 6.12. The molecule has 2 saturated heterocycles. The van der Waals surface area contributed by atoms with E-state index in [2.05, 4.69) is 125 Å². The van der Waals surface area contributed by atoms with Gasteiger partial charge in [-0.05, 0) is 134 Å². The number of amides is 4. The molecule has 0 bridgehead atoms. The Morgan fingerprint density at radius 2 is 1.02 bits per heavy atom. The van der Waals surface area contributed by atoms with Crippen LogP contribution in [0.1, 0.15) is 121 Å². The van der Waals surface area contributed by atoms with Gasteiger partial charge >= 0.3 is 6.09 Å². The summed E-state index contributed by atoms with van der Waals surface area (Å²) in [6, 6.07) is 38.1. The van der Waals surface area contributed by atoms with Crippen LogP contribution in [0.2, 0.25) is 0 Å². The van der Waals surface area contributed by atoms with Crippen molar-refractivity contribution in [2.45, 2.75) is 117 Å². The molecule has 3 fully saturated rings. The van der Waals surface area contributed by atoms with E-state index in [4.69, 9.17) is 4.74 Å². The van der Waals surface area contributed by atoms with Gasteiger partial charge in [-0.1, -0.05) is 98.8 Å². The van der Waals surface area contributed by atoms with Crippen LogP contribution >= 0.6 is 0 Å². The molecule has 4 amide bonds. The highest BCUT2D eigenvalue weighted by Gasteiger charge is 2.40. The van der Waals surface area contributed by atoms with Gasteiger partial charge in [0.1, 0.15) is 12.6 Å². The number of para-hydroxylation sites is 3. The third-order valence-corrected chi connectivity index (χ3v) is 17.8. The molecule has 80 heavy (non-hydrogen) atoms. The van der Waals surface area contributed by atoms with Crippen molar-refractivity contribution in [2.75, 3.05) is 34.3 Å². The fraction of sp³-hybridized carbons (Fsp3) is 0.409. The summed E-state index contributed by atoms with van der Waals surface area (Å²) in [5, 5.41) is 7.74. The first-order chi connectivity index (χ1) is 38.8. The third-order valence-electron chi connectivity index (χ3n) is 17.8. The molecule has 8 heterocycles. The molecule has 13 rings (SSSR count). The molecule has 5 aliphatic heterocycles. The molecule has 3 aromatic heterocycles.